The Balaban J connectivity index is 1.51. The summed E-state index contributed by atoms with van der Waals surface area (Å²) in [5.74, 6) is 2.34. The highest BCUT2D eigenvalue weighted by Crippen LogP contribution is 2.24. The Morgan fingerprint density at radius 2 is 2.12 bits per heavy atom. The second-order valence-electron chi connectivity index (χ2n) is 4.94. The van der Waals surface area contributed by atoms with Gasteiger partial charge in [-0.15, -0.1) is 10.2 Å². The van der Waals surface area contributed by atoms with Gasteiger partial charge in [-0.25, -0.2) is 0 Å². The van der Waals surface area contributed by atoms with E-state index in [0.717, 1.165) is 22.1 Å². The first-order chi connectivity index (χ1) is 11.8. The zero-order valence-electron chi connectivity index (χ0n) is 12.8. The quantitative estimate of drug-likeness (QED) is 0.517. The molecule has 24 heavy (non-hydrogen) atoms. The maximum absolute atomic E-state index is 5.32. The van der Waals surface area contributed by atoms with Crippen molar-refractivity contribution < 1.29 is 9.26 Å². The predicted octanol–water partition coefficient (Wildman–Crippen LogP) is 3.08. The number of benzene rings is 1. The number of hydrogen-bond acceptors (Lipinski definition) is 7. The number of hydrogen-bond donors (Lipinski definition) is 0. The SMILES string of the molecule is COc1cccc(-c2noc(CSc3nnc4ccccn34)n2)c1. The summed E-state index contributed by atoms with van der Waals surface area (Å²) in [7, 11) is 1.63. The third-order valence-electron chi connectivity index (χ3n) is 3.40. The maximum atomic E-state index is 5.32. The Hall–Kier alpha value is -2.87. The number of aromatic nitrogens is 5. The molecule has 0 aliphatic rings. The van der Waals surface area contributed by atoms with Crippen LogP contribution in [0.5, 0.6) is 5.75 Å². The van der Waals surface area contributed by atoms with Gasteiger partial charge in [0.2, 0.25) is 11.7 Å². The van der Waals surface area contributed by atoms with Crippen LogP contribution in [-0.4, -0.2) is 31.8 Å². The van der Waals surface area contributed by atoms with Crippen molar-refractivity contribution in [3.05, 3.63) is 54.6 Å². The number of pyridine rings is 1. The topological polar surface area (TPSA) is 78.3 Å². The molecular weight excluding hydrogens is 326 g/mol. The predicted molar refractivity (Wildman–Crippen MR) is 88.8 cm³/mol. The van der Waals surface area contributed by atoms with E-state index in [9.17, 15) is 0 Å². The third kappa shape index (κ3) is 2.83. The first-order valence-corrected chi connectivity index (χ1v) is 8.21. The van der Waals surface area contributed by atoms with Crippen molar-refractivity contribution in [3.8, 4) is 17.1 Å². The summed E-state index contributed by atoms with van der Waals surface area (Å²) in [6.07, 6.45) is 1.92. The smallest absolute Gasteiger partial charge is 0.237 e. The van der Waals surface area contributed by atoms with Crippen molar-refractivity contribution in [2.45, 2.75) is 10.9 Å². The second kappa shape index (κ2) is 6.32. The number of methoxy groups -OCH3 is 1. The van der Waals surface area contributed by atoms with Gasteiger partial charge in [-0.05, 0) is 24.3 Å². The molecule has 0 aliphatic heterocycles. The molecule has 0 radical (unpaired) electrons. The van der Waals surface area contributed by atoms with Gasteiger partial charge in [-0.2, -0.15) is 4.98 Å². The lowest BCUT2D eigenvalue weighted by Crippen LogP contribution is -1.88. The van der Waals surface area contributed by atoms with Gasteiger partial charge in [-0.1, -0.05) is 35.1 Å². The average Bonchev–Trinajstić information content (AvgIpc) is 3.27. The minimum Gasteiger partial charge on any atom is -0.497 e. The lowest BCUT2D eigenvalue weighted by atomic mass is 10.2. The Kier molecular flexibility index (Phi) is 3.87. The molecule has 1 aromatic carbocycles. The highest BCUT2D eigenvalue weighted by atomic mass is 32.2. The van der Waals surface area contributed by atoms with E-state index < -0.39 is 0 Å². The first-order valence-electron chi connectivity index (χ1n) is 7.23. The zero-order valence-corrected chi connectivity index (χ0v) is 13.6. The van der Waals surface area contributed by atoms with E-state index in [-0.39, 0.29) is 0 Å². The van der Waals surface area contributed by atoms with E-state index in [1.54, 1.807) is 7.11 Å². The standard InChI is InChI=1S/C16H13N5O2S/c1-22-12-6-4-5-11(9-12)15-17-14(23-20-15)10-24-16-19-18-13-7-2-3-8-21(13)16/h2-9H,10H2,1H3. The Labute approximate surface area is 141 Å². The van der Waals surface area contributed by atoms with E-state index in [0.29, 0.717) is 17.5 Å². The van der Waals surface area contributed by atoms with Crippen LogP contribution < -0.4 is 4.74 Å². The van der Waals surface area contributed by atoms with E-state index >= 15 is 0 Å². The lowest BCUT2D eigenvalue weighted by Gasteiger charge is -1.99. The van der Waals surface area contributed by atoms with Crippen LogP contribution in [0.4, 0.5) is 0 Å². The van der Waals surface area contributed by atoms with Gasteiger partial charge in [0.05, 0.1) is 12.9 Å². The summed E-state index contributed by atoms with van der Waals surface area (Å²) in [5, 5.41) is 13.1. The zero-order chi connectivity index (χ0) is 16.4. The van der Waals surface area contributed by atoms with Gasteiger partial charge in [-0.3, -0.25) is 4.40 Å². The van der Waals surface area contributed by atoms with E-state index in [2.05, 4.69) is 20.3 Å². The number of rotatable bonds is 5. The van der Waals surface area contributed by atoms with Gasteiger partial charge in [0.15, 0.2) is 10.8 Å². The van der Waals surface area contributed by atoms with Gasteiger partial charge < -0.3 is 9.26 Å². The molecule has 0 N–H and O–H groups in total. The van der Waals surface area contributed by atoms with Gasteiger partial charge in [0, 0.05) is 11.8 Å². The van der Waals surface area contributed by atoms with Crippen molar-refractivity contribution in [2.75, 3.05) is 7.11 Å². The van der Waals surface area contributed by atoms with Crippen molar-refractivity contribution in [1.29, 1.82) is 0 Å². The van der Waals surface area contributed by atoms with Crippen LogP contribution in [0.15, 0.2) is 58.3 Å². The molecule has 0 atom stereocenters. The molecule has 0 amide bonds. The Morgan fingerprint density at radius 1 is 1.17 bits per heavy atom. The van der Waals surface area contributed by atoms with Crippen molar-refractivity contribution >= 4 is 17.4 Å². The van der Waals surface area contributed by atoms with E-state index in [1.165, 1.54) is 11.8 Å². The molecule has 0 fully saturated rings. The fourth-order valence-corrected chi connectivity index (χ4v) is 3.00. The number of fused-ring (bicyclic) bond motifs is 1. The van der Waals surface area contributed by atoms with Crippen LogP contribution in [0.3, 0.4) is 0 Å². The minimum atomic E-state index is 0.520. The Morgan fingerprint density at radius 3 is 3.04 bits per heavy atom. The summed E-state index contributed by atoms with van der Waals surface area (Å²) >= 11 is 1.49. The van der Waals surface area contributed by atoms with Gasteiger partial charge in [0.25, 0.3) is 0 Å². The fourth-order valence-electron chi connectivity index (χ4n) is 2.24. The highest BCUT2D eigenvalue weighted by molar-refractivity contribution is 7.98. The molecule has 0 spiro atoms. The van der Waals surface area contributed by atoms with Crippen LogP contribution in [0.1, 0.15) is 5.89 Å². The summed E-state index contributed by atoms with van der Waals surface area (Å²) in [6, 6.07) is 13.3. The molecule has 0 saturated carbocycles. The molecule has 4 aromatic rings. The molecule has 0 saturated heterocycles. The first kappa shape index (κ1) is 14.7. The summed E-state index contributed by atoms with van der Waals surface area (Å²) in [6.45, 7) is 0. The summed E-state index contributed by atoms with van der Waals surface area (Å²) in [4.78, 5) is 4.42. The fraction of sp³-hybridized carbons (Fsp3) is 0.125. The van der Waals surface area contributed by atoms with Gasteiger partial charge in [0.1, 0.15) is 5.75 Å². The maximum Gasteiger partial charge on any atom is 0.237 e. The molecule has 4 rings (SSSR count). The number of thioether (sulfide) groups is 1. The molecule has 3 heterocycles. The van der Waals surface area contributed by atoms with Crippen molar-refractivity contribution in [1.82, 2.24) is 24.7 Å². The van der Waals surface area contributed by atoms with Crippen molar-refractivity contribution in [2.24, 2.45) is 0 Å². The summed E-state index contributed by atoms with van der Waals surface area (Å²) in [5.41, 5.74) is 1.66. The number of ether oxygens (including phenoxy) is 1. The van der Waals surface area contributed by atoms with Crippen molar-refractivity contribution in [3.63, 3.8) is 0 Å². The van der Waals surface area contributed by atoms with E-state index in [1.807, 2.05) is 53.1 Å². The minimum absolute atomic E-state index is 0.520. The third-order valence-corrected chi connectivity index (χ3v) is 4.33. The lowest BCUT2D eigenvalue weighted by molar-refractivity contribution is 0.391. The number of nitrogens with zero attached hydrogens (tertiary/aromatic N) is 5. The summed E-state index contributed by atoms with van der Waals surface area (Å²) < 4.78 is 12.5. The molecule has 120 valence electrons. The van der Waals surface area contributed by atoms with Crippen LogP contribution in [0.2, 0.25) is 0 Å². The second-order valence-corrected chi connectivity index (χ2v) is 5.89. The molecular formula is C16H13N5O2S. The largest absolute Gasteiger partial charge is 0.497 e. The molecule has 8 heteroatoms. The highest BCUT2D eigenvalue weighted by Gasteiger charge is 2.12. The Bertz CT molecular complexity index is 981. The van der Waals surface area contributed by atoms with Crippen LogP contribution in [0, 0.1) is 0 Å². The van der Waals surface area contributed by atoms with Crippen LogP contribution >= 0.6 is 11.8 Å². The van der Waals surface area contributed by atoms with Gasteiger partial charge >= 0.3 is 0 Å². The van der Waals surface area contributed by atoms with Crippen LogP contribution in [0.25, 0.3) is 17.0 Å². The average molecular weight is 339 g/mol. The molecule has 0 aliphatic carbocycles. The van der Waals surface area contributed by atoms with Crippen LogP contribution in [-0.2, 0) is 5.75 Å². The normalized spacial score (nSPS) is 11.0. The van der Waals surface area contributed by atoms with E-state index in [4.69, 9.17) is 9.26 Å². The molecule has 0 bridgehead atoms. The molecule has 0 unspecified atom stereocenters. The molecule has 7 nitrogen and oxygen atoms in total. The molecule has 3 aromatic heterocycles. The monoisotopic (exact) mass is 339 g/mol.